The van der Waals surface area contributed by atoms with Crippen molar-refractivity contribution < 1.29 is 14.0 Å². The van der Waals surface area contributed by atoms with Crippen molar-refractivity contribution >= 4 is 23.2 Å². The molecule has 7 heterocycles. The van der Waals surface area contributed by atoms with Crippen molar-refractivity contribution in [2.24, 2.45) is 0 Å². The molecule has 10 nitrogen and oxygen atoms in total. The molecule has 1 saturated heterocycles. The normalized spacial score (nSPS) is 18.3. The Labute approximate surface area is 264 Å². The van der Waals surface area contributed by atoms with Crippen LogP contribution in [0.1, 0.15) is 91.2 Å². The molecular weight excluding hydrogens is 586 g/mol. The van der Waals surface area contributed by atoms with Gasteiger partial charge in [0.2, 0.25) is 11.8 Å². The van der Waals surface area contributed by atoms with Gasteiger partial charge >= 0.3 is 0 Å². The maximum Gasteiger partial charge on any atom is 0.261 e. The molecule has 0 aromatic carbocycles. The van der Waals surface area contributed by atoms with Crippen LogP contribution in [0.3, 0.4) is 0 Å². The molecule has 2 aliphatic heterocycles. The molecule has 2 amide bonds. The molecule has 5 aromatic rings. The van der Waals surface area contributed by atoms with E-state index in [2.05, 4.69) is 31.5 Å². The summed E-state index contributed by atoms with van der Waals surface area (Å²) in [7, 11) is 0. The third-order valence-corrected chi connectivity index (χ3v) is 10.1. The van der Waals surface area contributed by atoms with Crippen LogP contribution < -0.4 is 5.32 Å². The third-order valence-electron chi connectivity index (χ3n) is 9.03. The number of aryl methyl sites for hydroxylation is 5. The third kappa shape index (κ3) is 4.82. The summed E-state index contributed by atoms with van der Waals surface area (Å²) in [5.41, 5.74) is 7.69. The van der Waals surface area contributed by atoms with E-state index >= 15 is 0 Å². The molecule has 45 heavy (non-hydrogen) atoms. The Morgan fingerprint density at radius 3 is 2.78 bits per heavy atom. The Morgan fingerprint density at radius 2 is 1.96 bits per heavy atom. The van der Waals surface area contributed by atoms with Gasteiger partial charge in [0.25, 0.3) is 11.8 Å². The summed E-state index contributed by atoms with van der Waals surface area (Å²) in [5, 5.41) is 11.7. The number of carbonyl (C=O) groups is 2. The van der Waals surface area contributed by atoms with Gasteiger partial charge in [-0.3, -0.25) is 24.5 Å². The second-order valence-corrected chi connectivity index (χ2v) is 13.0. The molecule has 226 valence electrons. The monoisotopic (exact) mass is 617 g/mol. The van der Waals surface area contributed by atoms with Gasteiger partial charge in [0.05, 0.1) is 39.5 Å². The molecule has 3 aliphatic rings. The summed E-state index contributed by atoms with van der Waals surface area (Å²) >= 11 is 1.37. The number of hydrogen-bond acceptors (Lipinski definition) is 9. The predicted molar refractivity (Wildman–Crippen MR) is 168 cm³/mol. The van der Waals surface area contributed by atoms with Gasteiger partial charge in [-0.2, -0.15) is 0 Å². The minimum Gasteiger partial charge on any atom is -0.421 e. The first-order chi connectivity index (χ1) is 21.9. The number of nitrogens with one attached hydrogen (secondary N) is 1. The molecule has 2 unspecified atom stereocenters. The van der Waals surface area contributed by atoms with Gasteiger partial charge in [-0.15, -0.1) is 21.5 Å². The van der Waals surface area contributed by atoms with Crippen LogP contribution in [0, 0.1) is 13.8 Å². The van der Waals surface area contributed by atoms with Crippen molar-refractivity contribution in [1.82, 2.24) is 35.4 Å². The Bertz CT molecular complexity index is 1960. The van der Waals surface area contributed by atoms with E-state index in [0.717, 1.165) is 70.0 Å². The van der Waals surface area contributed by atoms with Crippen LogP contribution >= 0.6 is 11.3 Å². The van der Waals surface area contributed by atoms with E-state index in [1.807, 2.05) is 48.4 Å². The first-order valence-corrected chi connectivity index (χ1v) is 16.2. The Hall–Kier alpha value is -4.77. The maximum absolute atomic E-state index is 14.0. The Balaban J connectivity index is 1.23. The number of rotatable bonds is 7. The van der Waals surface area contributed by atoms with E-state index in [4.69, 9.17) is 9.40 Å². The summed E-state index contributed by atoms with van der Waals surface area (Å²) in [6.45, 7) is 4.47. The molecule has 1 aliphatic carbocycles. The number of pyridine rings is 3. The van der Waals surface area contributed by atoms with Gasteiger partial charge in [0.15, 0.2) is 0 Å². The van der Waals surface area contributed by atoms with Crippen LogP contribution in [0.25, 0.3) is 21.9 Å². The lowest BCUT2D eigenvalue weighted by atomic mass is 9.93. The van der Waals surface area contributed by atoms with E-state index in [1.165, 1.54) is 11.3 Å². The van der Waals surface area contributed by atoms with E-state index in [9.17, 15) is 9.59 Å². The zero-order valence-electron chi connectivity index (χ0n) is 25.0. The van der Waals surface area contributed by atoms with Crippen LogP contribution in [0.15, 0.2) is 53.2 Å². The second kappa shape index (κ2) is 11.0. The van der Waals surface area contributed by atoms with E-state index < -0.39 is 0 Å². The summed E-state index contributed by atoms with van der Waals surface area (Å²) < 4.78 is 6.02. The quantitative estimate of drug-likeness (QED) is 0.244. The minimum absolute atomic E-state index is 0.0336. The minimum atomic E-state index is -0.147. The molecule has 0 spiro atoms. The summed E-state index contributed by atoms with van der Waals surface area (Å²) in [4.78, 5) is 45.1. The average molecular weight is 618 g/mol. The fourth-order valence-corrected chi connectivity index (χ4v) is 7.85. The largest absolute Gasteiger partial charge is 0.421 e. The lowest BCUT2D eigenvalue weighted by Crippen LogP contribution is -2.26. The fourth-order valence-electron chi connectivity index (χ4n) is 6.88. The highest BCUT2D eigenvalue weighted by atomic mass is 32.1. The molecule has 2 atom stereocenters. The zero-order chi connectivity index (χ0) is 30.7. The number of carbonyl (C=O) groups excluding carboxylic acids is 2. The number of hydrogen-bond donors (Lipinski definition) is 1. The van der Waals surface area contributed by atoms with Gasteiger partial charge < -0.3 is 14.6 Å². The number of amides is 2. The average Bonchev–Trinajstić information content (AvgIpc) is 3.88. The topological polar surface area (TPSA) is 127 Å². The van der Waals surface area contributed by atoms with Crippen LogP contribution in [-0.4, -0.2) is 48.4 Å². The second-order valence-electron chi connectivity index (χ2n) is 11.9. The Morgan fingerprint density at radius 1 is 1.04 bits per heavy atom. The molecular formula is C34H31N7O3S. The lowest BCUT2D eigenvalue weighted by molar-refractivity contribution is 0.0776. The van der Waals surface area contributed by atoms with Gasteiger partial charge in [0, 0.05) is 47.7 Å². The molecule has 0 radical (unpaired) electrons. The predicted octanol–water partition coefficient (Wildman–Crippen LogP) is 5.76. The number of fused-ring (bicyclic) bond motifs is 4. The molecule has 1 fully saturated rings. The van der Waals surface area contributed by atoms with Crippen molar-refractivity contribution in [2.75, 3.05) is 6.54 Å². The van der Waals surface area contributed by atoms with Gasteiger partial charge in [-0.1, -0.05) is 12.1 Å². The van der Waals surface area contributed by atoms with Gasteiger partial charge in [-0.05, 0) is 80.8 Å². The highest BCUT2D eigenvalue weighted by Gasteiger charge is 2.45. The summed E-state index contributed by atoms with van der Waals surface area (Å²) in [5.74, 6) is 0.561. The van der Waals surface area contributed by atoms with E-state index in [-0.39, 0.29) is 23.9 Å². The van der Waals surface area contributed by atoms with Crippen molar-refractivity contribution in [3.63, 3.8) is 0 Å². The first-order valence-electron chi connectivity index (χ1n) is 15.4. The first kappa shape index (κ1) is 27.8. The van der Waals surface area contributed by atoms with E-state index in [1.54, 1.807) is 13.1 Å². The van der Waals surface area contributed by atoms with Gasteiger partial charge in [0.1, 0.15) is 0 Å². The fraction of sp³-hybridized carbons (Fsp3) is 0.324. The van der Waals surface area contributed by atoms with Crippen LogP contribution in [0.4, 0.5) is 0 Å². The highest BCUT2D eigenvalue weighted by molar-refractivity contribution is 7.17. The standard InChI is InChI=1S/C34H31N7O3S/c1-18-7-8-20(36-17-18)9-10-24-28(33-40-39-19(2)44-33)29(30-31(37-24)25-6-4-16-41(25)34(30)43)26-13-14-27(45-26)32(42)38-23-12-11-22-21(23)5-3-15-35-22/h3,5,7-8,13-15,17,23,25H,4,6,9-12,16H2,1-2H3,(H,38,42). The van der Waals surface area contributed by atoms with Crippen LogP contribution in [-0.2, 0) is 19.3 Å². The lowest BCUT2D eigenvalue weighted by Gasteiger charge is -2.16. The highest BCUT2D eigenvalue weighted by Crippen LogP contribution is 2.49. The van der Waals surface area contributed by atoms with Crippen molar-refractivity contribution in [1.29, 1.82) is 0 Å². The smallest absolute Gasteiger partial charge is 0.261 e. The molecule has 0 bridgehead atoms. The molecule has 1 N–H and O–H groups in total. The summed E-state index contributed by atoms with van der Waals surface area (Å²) in [6.07, 6.45) is 8.37. The SMILES string of the molecule is Cc1ccc(CCc2nc3c(c(-c4ccc(C(=O)NC5CCc6ncccc65)s4)c2-c2nnc(C)o2)C(=O)N2CCCC32)nc1. The van der Waals surface area contributed by atoms with Crippen molar-refractivity contribution in [3.8, 4) is 21.9 Å². The molecule has 5 aromatic heterocycles. The van der Waals surface area contributed by atoms with Crippen molar-refractivity contribution in [2.45, 2.75) is 64.5 Å². The summed E-state index contributed by atoms with van der Waals surface area (Å²) in [6, 6.07) is 11.7. The van der Waals surface area contributed by atoms with Crippen molar-refractivity contribution in [3.05, 3.63) is 99.0 Å². The molecule has 11 heteroatoms. The van der Waals surface area contributed by atoms with E-state index in [0.29, 0.717) is 47.2 Å². The van der Waals surface area contributed by atoms with Crippen LogP contribution in [0.5, 0.6) is 0 Å². The number of nitrogens with zero attached hydrogens (tertiary/aromatic N) is 6. The van der Waals surface area contributed by atoms with Gasteiger partial charge in [-0.25, -0.2) is 0 Å². The maximum atomic E-state index is 14.0. The zero-order valence-corrected chi connectivity index (χ0v) is 25.9. The molecule has 0 saturated carbocycles. The Kier molecular flexibility index (Phi) is 6.78. The molecule has 8 rings (SSSR count). The van der Waals surface area contributed by atoms with Crippen LogP contribution in [0.2, 0.25) is 0 Å². The number of thiophene rings is 1. The number of aromatic nitrogens is 5.